The smallest absolute Gasteiger partial charge is 0.283 e. The Morgan fingerprint density at radius 3 is 2.88 bits per heavy atom. The lowest BCUT2D eigenvalue weighted by molar-refractivity contribution is 0.311. The Kier molecular flexibility index (Phi) is 5.60. The van der Waals surface area contributed by atoms with Crippen molar-refractivity contribution < 1.29 is 5.11 Å². The zero-order chi connectivity index (χ0) is 12.8. The molecular weight excluding hydrogens is 288 g/mol. The zero-order valence-electron chi connectivity index (χ0n) is 9.98. The van der Waals surface area contributed by atoms with E-state index in [9.17, 15) is 4.79 Å². The van der Waals surface area contributed by atoms with Gasteiger partial charge in [-0.3, -0.25) is 4.79 Å². The summed E-state index contributed by atoms with van der Waals surface area (Å²) in [7, 11) is 3.88. The fourth-order valence-corrected chi connectivity index (χ4v) is 1.68. The summed E-state index contributed by atoms with van der Waals surface area (Å²) in [5.74, 6) is 0. The molecule has 1 rings (SSSR count). The Labute approximate surface area is 108 Å². The average Bonchev–Trinajstić information content (AvgIpc) is 2.29. The van der Waals surface area contributed by atoms with E-state index in [1.165, 1.54) is 4.68 Å². The fraction of sp³-hybridized carbons (Fsp3) is 0.600. The summed E-state index contributed by atoms with van der Waals surface area (Å²) in [5.41, 5.74) is 0.431. The Bertz CT molecular complexity index is 419. The van der Waals surface area contributed by atoms with Crippen molar-refractivity contribution in [2.45, 2.75) is 6.54 Å². The topological polar surface area (TPSA) is 70.4 Å². The number of anilines is 1. The number of hydrogen-bond acceptors (Lipinski definition) is 5. The van der Waals surface area contributed by atoms with Crippen molar-refractivity contribution in [1.29, 1.82) is 0 Å². The van der Waals surface area contributed by atoms with Crippen LogP contribution in [0.5, 0.6) is 0 Å². The van der Waals surface area contributed by atoms with E-state index in [0.29, 0.717) is 23.2 Å². The second-order valence-electron chi connectivity index (χ2n) is 3.85. The summed E-state index contributed by atoms with van der Waals surface area (Å²) in [6, 6.07) is 0. The van der Waals surface area contributed by atoms with Crippen molar-refractivity contribution in [2.24, 2.45) is 0 Å². The molecule has 0 atom stereocenters. The maximum absolute atomic E-state index is 11.9. The highest BCUT2D eigenvalue weighted by atomic mass is 79.9. The van der Waals surface area contributed by atoms with E-state index in [1.54, 1.807) is 6.20 Å². The van der Waals surface area contributed by atoms with Crippen molar-refractivity contribution in [1.82, 2.24) is 14.7 Å². The molecule has 0 aliphatic carbocycles. The van der Waals surface area contributed by atoms with Gasteiger partial charge in [-0.25, -0.2) is 4.68 Å². The molecule has 0 amide bonds. The monoisotopic (exact) mass is 304 g/mol. The summed E-state index contributed by atoms with van der Waals surface area (Å²) in [6.45, 7) is 1.70. The van der Waals surface area contributed by atoms with Gasteiger partial charge >= 0.3 is 0 Å². The van der Waals surface area contributed by atoms with Gasteiger partial charge in [-0.2, -0.15) is 5.10 Å². The van der Waals surface area contributed by atoms with E-state index < -0.39 is 0 Å². The second-order valence-corrected chi connectivity index (χ2v) is 4.65. The summed E-state index contributed by atoms with van der Waals surface area (Å²) in [5, 5.41) is 15.7. The van der Waals surface area contributed by atoms with Gasteiger partial charge in [-0.1, -0.05) is 0 Å². The maximum Gasteiger partial charge on any atom is 0.283 e. The van der Waals surface area contributed by atoms with Crippen LogP contribution in [0.15, 0.2) is 15.5 Å². The maximum atomic E-state index is 11.9. The molecule has 0 aliphatic heterocycles. The van der Waals surface area contributed by atoms with Crippen LogP contribution in [0.4, 0.5) is 5.69 Å². The molecule has 6 nitrogen and oxygen atoms in total. The van der Waals surface area contributed by atoms with Gasteiger partial charge in [-0.05, 0) is 30.0 Å². The van der Waals surface area contributed by atoms with Crippen molar-refractivity contribution in [2.75, 3.05) is 39.1 Å². The molecule has 96 valence electrons. The Morgan fingerprint density at radius 1 is 1.59 bits per heavy atom. The number of rotatable bonds is 6. The highest BCUT2D eigenvalue weighted by Gasteiger charge is 2.08. The van der Waals surface area contributed by atoms with E-state index in [4.69, 9.17) is 5.11 Å². The van der Waals surface area contributed by atoms with Crippen LogP contribution >= 0.6 is 15.9 Å². The molecule has 17 heavy (non-hydrogen) atoms. The molecule has 0 unspecified atom stereocenters. The van der Waals surface area contributed by atoms with E-state index in [0.717, 1.165) is 6.54 Å². The minimum atomic E-state index is -0.171. The van der Waals surface area contributed by atoms with Gasteiger partial charge in [0.2, 0.25) is 0 Å². The van der Waals surface area contributed by atoms with Crippen molar-refractivity contribution in [3.05, 3.63) is 21.0 Å². The molecule has 2 N–H and O–H groups in total. The van der Waals surface area contributed by atoms with E-state index in [2.05, 4.69) is 26.3 Å². The first-order valence-electron chi connectivity index (χ1n) is 5.31. The highest BCUT2D eigenvalue weighted by molar-refractivity contribution is 9.10. The highest BCUT2D eigenvalue weighted by Crippen LogP contribution is 2.15. The summed E-state index contributed by atoms with van der Waals surface area (Å²) in [4.78, 5) is 13.9. The van der Waals surface area contributed by atoms with Gasteiger partial charge in [0.25, 0.3) is 5.56 Å². The first-order valence-corrected chi connectivity index (χ1v) is 6.10. The van der Waals surface area contributed by atoms with Crippen molar-refractivity contribution >= 4 is 21.6 Å². The van der Waals surface area contributed by atoms with Gasteiger partial charge < -0.3 is 15.3 Å². The standard InChI is InChI=1S/C10H17BrN4O2/c1-14(2)4-5-15-10(17)9(11)8(7-13-15)12-3-6-16/h7,12,16H,3-6H2,1-2H3. The van der Waals surface area contributed by atoms with Crippen LogP contribution in [0.3, 0.4) is 0 Å². The quantitative estimate of drug-likeness (QED) is 0.772. The van der Waals surface area contributed by atoms with E-state index in [-0.39, 0.29) is 12.2 Å². The van der Waals surface area contributed by atoms with Crippen LogP contribution < -0.4 is 10.9 Å². The molecule has 1 heterocycles. The lowest BCUT2D eigenvalue weighted by atomic mass is 10.4. The molecule has 1 aromatic heterocycles. The number of aromatic nitrogens is 2. The average molecular weight is 305 g/mol. The fourth-order valence-electron chi connectivity index (χ4n) is 1.23. The third kappa shape index (κ3) is 4.10. The molecule has 0 saturated carbocycles. The number of halogens is 1. The van der Waals surface area contributed by atoms with E-state index in [1.807, 2.05) is 19.0 Å². The molecule has 7 heteroatoms. The summed E-state index contributed by atoms with van der Waals surface area (Å²) >= 11 is 3.24. The van der Waals surface area contributed by atoms with Gasteiger partial charge in [0.05, 0.1) is 25.0 Å². The van der Waals surface area contributed by atoms with E-state index >= 15 is 0 Å². The third-order valence-corrected chi connectivity index (χ3v) is 2.94. The van der Waals surface area contributed by atoms with Crippen LogP contribution in [0, 0.1) is 0 Å². The molecule has 0 aromatic carbocycles. The minimum absolute atomic E-state index is 0.0101. The first kappa shape index (κ1) is 14.1. The number of nitrogens with zero attached hydrogens (tertiary/aromatic N) is 3. The van der Waals surface area contributed by atoms with Crippen LogP contribution in [0.25, 0.3) is 0 Å². The number of aliphatic hydroxyl groups excluding tert-OH is 1. The SMILES string of the molecule is CN(C)CCn1ncc(NCCO)c(Br)c1=O. The predicted octanol–water partition coefficient (Wildman–Crippen LogP) is -0.0284. The number of nitrogens with one attached hydrogen (secondary N) is 1. The molecule has 0 aliphatic rings. The molecule has 0 spiro atoms. The molecule has 0 radical (unpaired) electrons. The minimum Gasteiger partial charge on any atom is -0.395 e. The largest absolute Gasteiger partial charge is 0.395 e. The number of likely N-dealkylation sites (N-methyl/N-ethyl adjacent to an activating group) is 1. The van der Waals surface area contributed by atoms with Gasteiger partial charge in [-0.15, -0.1) is 0 Å². The van der Waals surface area contributed by atoms with Gasteiger partial charge in [0, 0.05) is 13.1 Å². The Balaban J connectivity index is 2.83. The lowest BCUT2D eigenvalue weighted by Crippen LogP contribution is -2.29. The molecule has 0 saturated heterocycles. The second kappa shape index (κ2) is 6.73. The van der Waals surface area contributed by atoms with Crippen LogP contribution in [-0.2, 0) is 6.54 Å². The normalized spacial score (nSPS) is 10.9. The van der Waals surface area contributed by atoms with Gasteiger partial charge in [0.15, 0.2) is 0 Å². The Hall–Kier alpha value is -0.920. The van der Waals surface area contributed by atoms with Crippen LogP contribution in [-0.4, -0.2) is 53.6 Å². The van der Waals surface area contributed by atoms with Crippen molar-refractivity contribution in [3.8, 4) is 0 Å². The number of hydrogen-bond donors (Lipinski definition) is 2. The third-order valence-electron chi connectivity index (χ3n) is 2.17. The van der Waals surface area contributed by atoms with Crippen LogP contribution in [0.2, 0.25) is 0 Å². The summed E-state index contributed by atoms with van der Waals surface area (Å²) in [6.07, 6.45) is 1.58. The Morgan fingerprint density at radius 2 is 2.29 bits per heavy atom. The summed E-state index contributed by atoms with van der Waals surface area (Å²) < 4.78 is 1.86. The van der Waals surface area contributed by atoms with Gasteiger partial charge in [0.1, 0.15) is 4.47 Å². The molecule has 0 bridgehead atoms. The molecule has 0 fully saturated rings. The van der Waals surface area contributed by atoms with Crippen molar-refractivity contribution in [3.63, 3.8) is 0 Å². The first-order chi connectivity index (χ1) is 8.06. The number of aliphatic hydroxyl groups is 1. The van der Waals surface area contributed by atoms with Crippen LogP contribution in [0.1, 0.15) is 0 Å². The molecule has 1 aromatic rings. The predicted molar refractivity (Wildman–Crippen MR) is 70.3 cm³/mol. The zero-order valence-corrected chi connectivity index (χ0v) is 11.6. The lowest BCUT2D eigenvalue weighted by Gasteiger charge is -2.12. The molecular formula is C10H17BrN4O2.